The van der Waals surface area contributed by atoms with Gasteiger partial charge in [-0.15, -0.1) is 0 Å². The summed E-state index contributed by atoms with van der Waals surface area (Å²) in [5.74, 6) is -0.488. The van der Waals surface area contributed by atoms with Gasteiger partial charge in [0.1, 0.15) is 5.60 Å². The zero-order valence-corrected chi connectivity index (χ0v) is 13.5. The normalized spacial score (nSPS) is 23.3. The Morgan fingerprint density at radius 2 is 1.65 bits per heavy atom. The van der Waals surface area contributed by atoms with Crippen LogP contribution in [0.5, 0.6) is 0 Å². The molecular formula is C17H20N2O4. The summed E-state index contributed by atoms with van der Waals surface area (Å²) >= 11 is 0. The minimum Gasteiger partial charge on any atom is -0.444 e. The van der Waals surface area contributed by atoms with Crippen LogP contribution in [0.25, 0.3) is 0 Å². The molecule has 3 amide bonds. The van der Waals surface area contributed by atoms with Crippen LogP contribution in [-0.4, -0.2) is 40.5 Å². The molecular weight excluding hydrogens is 296 g/mol. The van der Waals surface area contributed by atoms with Crippen LogP contribution in [0.3, 0.4) is 0 Å². The lowest BCUT2D eigenvalue weighted by Gasteiger charge is -2.40. The fourth-order valence-electron chi connectivity index (χ4n) is 2.93. The van der Waals surface area contributed by atoms with Gasteiger partial charge in [0.2, 0.25) is 0 Å². The quantitative estimate of drug-likeness (QED) is 0.850. The molecule has 1 aromatic rings. The summed E-state index contributed by atoms with van der Waals surface area (Å²) in [6, 6.07) is 6.61. The van der Waals surface area contributed by atoms with Gasteiger partial charge < -0.3 is 10.1 Å². The maximum atomic E-state index is 12.4. The number of alkyl carbamates (subject to hydrolysis) is 1. The highest BCUT2D eigenvalue weighted by molar-refractivity contribution is 6.21. The highest BCUT2D eigenvalue weighted by atomic mass is 16.6. The van der Waals surface area contributed by atoms with E-state index in [1.165, 1.54) is 4.90 Å². The van der Waals surface area contributed by atoms with E-state index in [0.717, 1.165) is 0 Å². The van der Waals surface area contributed by atoms with Crippen LogP contribution in [-0.2, 0) is 4.74 Å². The Labute approximate surface area is 134 Å². The summed E-state index contributed by atoms with van der Waals surface area (Å²) in [5, 5.41) is 2.77. The lowest BCUT2D eigenvalue weighted by atomic mass is 9.85. The predicted molar refractivity (Wildman–Crippen MR) is 83.1 cm³/mol. The molecule has 1 aromatic carbocycles. The molecule has 2 aliphatic rings. The van der Waals surface area contributed by atoms with Crippen molar-refractivity contribution in [2.75, 3.05) is 0 Å². The number of nitrogens with zero attached hydrogens (tertiary/aromatic N) is 1. The summed E-state index contributed by atoms with van der Waals surface area (Å²) in [7, 11) is 0. The maximum Gasteiger partial charge on any atom is 0.407 e. The first-order valence-electron chi connectivity index (χ1n) is 7.73. The summed E-state index contributed by atoms with van der Waals surface area (Å²) in [6.45, 7) is 5.40. The molecule has 6 nitrogen and oxygen atoms in total. The molecule has 6 heteroatoms. The van der Waals surface area contributed by atoms with E-state index < -0.39 is 11.7 Å². The second-order valence-corrected chi connectivity index (χ2v) is 6.99. The summed E-state index contributed by atoms with van der Waals surface area (Å²) in [5.41, 5.74) is 0.373. The van der Waals surface area contributed by atoms with E-state index in [4.69, 9.17) is 4.74 Å². The van der Waals surface area contributed by atoms with Crippen LogP contribution in [0.15, 0.2) is 24.3 Å². The van der Waals surface area contributed by atoms with Gasteiger partial charge in [0, 0.05) is 12.1 Å². The lowest BCUT2D eigenvalue weighted by molar-refractivity contribution is 0.0362. The van der Waals surface area contributed by atoms with Crippen molar-refractivity contribution in [1.82, 2.24) is 10.2 Å². The van der Waals surface area contributed by atoms with E-state index in [1.807, 2.05) is 0 Å². The molecule has 0 aromatic heterocycles. The largest absolute Gasteiger partial charge is 0.444 e. The Bertz CT molecular complexity index is 636. The molecule has 0 atom stereocenters. The molecule has 0 saturated heterocycles. The van der Waals surface area contributed by atoms with E-state index >= 15 is 0 Å². The lowest BCUT2D eigenvalue weighted by Crippen LogP contribution is -2.55. The van der Waals surface area contributed by atoms with Crippen molar-refractivity contribution in [3.63, 3.8) is 0 Å². The number of hydrogen-bond donors (Lipinski definition) is 1. The standard InChI is InChI=1S/C17H20N2O4/c1-17(2,3)23-16(22)18-10-8-11(9-10)19-14(20)12-6-4-5-7-13(12)15(19)21/h4-7,10-11H,8-9H2,1-3H3,(H,18,22)/t10-,11-. The number of carbonyl (C=O) groups is 3. The number of nitrogens with one attached hydrogen (secondary N) is 1. The first-order valence-corrected chi connectivity index (χ1v) is 7.73. The van der Waals surface area contributed by atoms with Crippen LogP contribution in [0.2, 0.25) is 0 Å². The number of benzene rings is 1. The van der Waals surface area contributed by atoms with E-state index in [1.54, 1.807) is 45.0 Å². The molecule has 23 heavy (non-hydrogen) atoms. The predicted octanol–water partition coefficient (Wildman–Crippen LogP) is 2.34. The Morgan fingerprint density at radius 3 is 2.13 bits per heavy atom. The Kier molecular flexibility index (Phi) is 3.62. The molecule has 1 N–H and O–H groups in total. The third-order valence-corrected chi connectivity index (χ3v) is 4.02. The minimum atomic E-state index is -0.546. The van der Waals surface area contributed by atoms with Gasteiger partial charge in [-0.25, -0.2) is 4.79 Å². The van der Waals surface area contributed by atoms with Crippen molar-refractivity contribution in [3.8, 4) is 0 Å². The van der Waals surface area contributed by atoms with Crippen molar-refractivity contribution in [2.45, 2.75) is 51.3 Å². The average molecular weight is 316 g/mol. The highest BCUT2D eigenvalue weighted by Crippen LogP contribution is 2.33. The summed E-state index contributed by atoms with van der Waals surface area (Å²) in [6.07, 6.45) is 0.651. The van der Waals surface area contributed by atoms with Crippen molar-refractivity contribution in [2.24, 2.45) is 0 Å². The van der Waals surface area contributed by atoms with Crippen molar-refractivity contribution in [3.05, 3.63) is 35.4 Å². The van der Waals surface area contributed by atoms with Gasteiger partial charge in [-0.05, 0) is 45.7 Å². The number of rotatable bonds is 2. The van der Waals surface area contributed by atoms with Crippen LogP contribution in [0.1, 0.15) is 54.3 Å². The van der Waals surface area contributed by atoms with E-state index in [2.05, 4.69) is 5.32 Å². The monoisotopic (exact) mass is 316 g/mol. The Balaban J connectivity index is 1.58. The van der Waals surface area contributed by atoms with Crippen LogP contribution < -0.4 is 5.32 Å². The van der Waals surface area contributed by atoms with Gasteiger partial charge in [-0.3, -0.25) is 14.5 Å². The fourth-order valence-corrected chi connectivity index (χ4v) is 2.93. The molecule has 1 aliphatic carbocycles. The summed E-state index contributed by atoms with van der Waals surface area (Å²) in [4.78, 5) is 37.7. The van der Waals surface area contributed by atoms with E-state index in [0.29, 0.717) is 24.0 Å². The zero-order chi connectivity index (χ0) is 16.8. The number of carbonyl (C=O) groups excluding carboxylic acids is 3. The highest BCUT2D eigenvalue weighted by Gasteiger charge is 2.45. The third-order valence-electron chi connectivity index (χ3n) is 4.02. The number of hydrogen-bond acceptors (Lipinski definition) is 4. The molecule has 1 aliphatic heterocycles. The Morgan fingerprint density at radius 1 is 1.13 bits per heavy atom. The van der Waals surface area contributed by atoms with Crippen molar-refractivity contribution in [1.29, 1.82) is 0 Å². The van der Waals surface area contributed by atoms with Gasteiger partial charge in [0.15, 0.2) is 0 Å². The van der Waals surface area contributed by atoms with E-state index in [-0.39, 0.29) is 23.9 Å². The molecule has 0 unspecified atom stereocenters. The van der Waals surface area contributed by atoms with Gasteiger partial charge in [0.05, 0.1) is 11.1 Å². The second-order valence-electron chi connectivity index (χ2n) is 6.99. The van der Waals surface area contributed by atoms with E-state index in [9.17, 15) is 14.4 Å². The third kappa shape index (κ3) is 2.93. The van der Waals surface area contributed by atoms with Crippen LogP contribution in [0.4, 0.5) is 4.79 Å². The Hall–Kier alpha value is -2.37. The molecule has 122 valence electrons. The number of amides is 3. The van der Waals surface area contributed by atoms with Gasteiger partial charge in [-0.2, -0.15) is 0 Å². The first kappa shape index (κ1) is 15.5. The molecule has 0 radical (unpaired) electrons. The first-order chi connectivity index (χ1) is 10.8. The second kappa shape index (κ2) is 5.37. The molecule has 1 heterocycles. The van der Waals surface area contributed by atoms with Gasteiger partial charge in [-0.1, -0.05) is 12.1 Å². The molecule has 3 rings (SSSR count). The van der Waals surface area contributed by atoms with Crippen molar-refractivity contribution >= 4 is 17.9 Å². The van der Waals surface area contributed by atoms with Crippen LogP contribution >= 0.6 is 0 Å². The fraction of sp³-hybridized carbons (Fsp3) is 0.471. The maximum absolute atomic E-state index is 12.4. The molecule has 1 saturated carbocycles. The minimum absolute atomic E-state index is 0.0702. The molecule has 1 fully saturated rings. The zero-order valence-electron chi connectivity index (χ0n) is 13.5. The topological polar surface area (TPSA) is 75.7 Å². The SMILES string of the molecule is CC(C)(C)OC(=O)N[C@H]1C[C@H](N2C(=O)c3ccccc3C2=O)C1. The number of ether oxygens (including phenoxy) is 1. The smallest absolute Gasteiger partial charge is 0.407 e. The van der Waals surface area contributed by atoms with Crippen molar-refractivity contribution < 1.29 is 19.1 Å². The number of fused-ring (bicyclic) bond motifs is 1. The molecule has 0 bridgehead atoms. The molecule has 0 spiro atoms. The van der Waals surface area contributed by atoms with Gasteiger partial charge in [0.25, 0.3) is 11.8 Å². The van der Waals surface area contributed by atoms with Gasteiger partial charge >= 0.3 is 6.09 Å². The average Bonchev–Trinajstić information content (AvgIpc) is 2.65. The van der Waals surface area contributed by atoms with Crippen LogP contribution in [0, 0.1) is 0 Å². The number of imide groups is 1. The summed E-state index contributed by atoms with van der Waals surface area (Å²) < 4.78 is 5.20.